The first-order chi connectivity index (χ1) is 9.74. The molecule has 0 bridgehead atoms. The van der Waals surface area contributed by atoms with E-state index in [4.69, 9.17) is 0 Å². The maximum atomic E-state index is 11.5. The summed E-state index contributed by atoms with van der Waals surface area (Å²) in [5.74, 6) is -1.12. The highest BCUT2D eigenvalue weighted by Crippen LogP contribution is 2.33. The van der Waals surface area contributed by atoms with Crippen molar-refractivity contribution in [2.45, 2.75) is 12.8 Å². The molecule has 1 atom stereocenters. The maximum absolute atomic E-state index is 11.5. The molecule has 0 fully saturated rings. The van der Waals surface area contributed by atoms with Gasteiger partial charge in [0, 0.05) is 18.7 Å². The normalized spacial score (nSPS) is 18.5. The molecule has 2 aliphatic rings. The van der Waals surface area contributed by atoms with Crippen LogP contribution in [0.25, 0.3) is 0 Å². The Morgan fingerprint density at radius 1 is 1.35 bits per heavy atom. The lowest BCUT2D eigenvalue weighted by Crippen LogP contribution is -2.25. The van der Waals surface area contributed by atoms with Crippen LogP contribution in [0.1, 0.15) is 12.0 Å². The number of hydrogen-bond donors (Lipinski definition) is 1. The molecule has 4 nitrogen and oxygen atoms in total. The number of aliphatic imine (C=N–C) groups is 1. The van der Waals surface area contributed by atoms with Gasteiger partial charge < -0.3 is 10.0 Å². The zero-order chi connectivity index (χ0) is 13.9. The van der Waals surface area contributed by atoms with Gasteiger partial charge in [-0.25, -0.2) is 0 Å². The number of allylic oxidation sites excluding steroid dienone is 1. The molecule has 5 heteroatoms. The monoisotopic (exact) mass is 288 g/mol. The number of carboxylic acid groups (broad SMARTS) is 1. The zero-order valence-electron chi connectivity index (χ0n) is 11.0. The summed E-state index contributed by atoms with van der Waals surface area (Å²) in [6.45, 7) is 1.70. The average Bonchev–Trinajstić information content (AvgIpc) is 3.04. The molecule has 0 aliphatic carbocycles. The summed E-state index contributed by atoms with van der Waals surface area (Å²) in [7, 11) is 0. The van der Waals surface area contributed by atoms with Crippen molar-refractivity contribution in [3.63, 3.8) is 0 Å². The molecule has 3 rings (SSSR count). The fourth-order valence-electron chi connectivity index (χ4n) is 2.53. The molecular weight excluding hydrogens is 272 g/mol. The summed E-state index contributed by atoms with van der Waals surface area (Å²) < 4.78 is 0. The quantitative estimate of drug-likeness (QED) is 0.905. The number of rotatable bonds is 5. The van der Waals surface area contributed by atoms with E-state index in [9.17, 15) is 9.90 Å². The predicted molar refractivity (Wildman–Crippen MR) is 80.6 cm³/mol. The Kier molecular flexibility index (Phi) is 3.78. The molecule has 0 aromatic heterocycles. The molecule has 20 heavy (non-hydrogen) atoms. The molecule has 2 heterocycles. The van der Waals surface area contributed by atoms with E-state index < -0.39 is 5.97 Å². The van der Waals surface area contributed by atoms with Gasteiger partial charge in [-0.1, -0.05) is 42.1 Å². The van der Waals surface area contributed by atoms with Crippen LogP contribution < -0.4 is 0 Å². The molecule has 1 aromatic rings. The summed E-state index contributed by atoms with van der Waals surface area (Å²) >= 11 is 1.60. The van der Waals surface area contributed by atoms with Crippen molar-refractivity contribution < 1.29 is 9.90 Å². The van der Waals surface area contributed by atoms with Crippen molar-refractivity contribution >= 4 is 22.9 Å². The highest BCUT2D eigenvalue weighted by atomic mass is 32.2. The second-order valence-corrected chi connectivity index (χ2v) is 5.81. The smallest absolute Gasteiger partial charge is 0.307 e. The van der Waals surface area contributed by atoms with Crippen LogP contribution in [-0.2, 0) is 11.2 Å². The average molecular weight is 288 g/mol. The van der Waals surface area contributed by atoms with Gasteiger partial charge in [-0.3, -0.25) is 9.79 Å². The van der Waals surface area contributed by atoms with Gasteiger partial charge in [-0.2, -0.15) is 0 Å². The highest BCUT2D eigenvalue weighted by Gasteiger charge is 2.30. The summed E-state index contributed by atoms with van der Waals surface area (Å²) in [6.07, 6.45) is 1.13. The van der Waals surface area contributed by atoms with E-state index in [1.807, 2.05) is 35.7 Å². The zero-order valence-corrected chi connectivity index (χ0v) is 11.8. The van der Waals surface area contributed by atoms with Gasteiger partial charge in [0.1, 0.15) is 0 Å². The molecule has 0 saturated carbocycles. The van der Waals surface area contributed by atoms with Gasteiger partial charge in [0.05, 0.1) is 12.5 Å². The van der Waals surface area contributed by atoms with Crippen molar-refractivity contribution in [2.75, 3.05) is 13.1 Å². The van der Waals surface area contributed by atoms with Crippen molar-refractivity contribution in [3.8, 4) is 0 Å². The number of carbonyl (C=O) groups is 1. The van der Waals surface area contributed by atoms with E-state index in [0.717, 1.165) is 29.5 Å². The van der Waals surface area contributed by atoms with Gasteiger partial charge in [-0.15, -0.1) is 0 Å². The number of benzene rings is 1. The van der Waals surface area contributed by atoms with Gasteiger partial charge in [-0.05, 0) is 17.4 Å². The lowest BCUT2D eigenvalue weighted by atomic mass is 9.95. The minimum absolute atomic E-state index is 0.385. The Balaban J connectivity index is 1.69. The Hall–Kier alpha value is -1.75. The SMILES string of the molecule is O=C(O)[C@@H](CC1=CSC2=NCCN12)Cc1ccccc1. The van der Waals surface area contributed by atoms with Crippen molar-refractivity contribution in [2.24, 2.45) is 10.9 Å². The molecule has 1 aromatic carbocycles. The lowest BCUT2D eigenvalue weighted by Gasteiger charge is -2.20. The number of hydrogen-bond acceptors (Lipinski definition) is 4. The van der Waals surface area contributed by atoms with Crippen LogP contribution in [0.3, 0.4) is 0 Å². The van der Waals surface area contributed by atoms with E-state index in [0.29, 0.717) is 12.8 Å². The van der Waals surface area contributed by atoms with Crippen LogP contribution >= 0.6 is 11.8 Å². The summed E-state index contributed by atoms with van der Waals surface area (Å²) in [6, 6.07) is 9.81. The maximum Gasteiger partial charge on any atom is 0.307 e. The summed E-state index contributed by atoms with van der Waals surface area (Å²) in [5.41, 5.74) is 2.16. The first-order valence-electron chi connectivity index (χ1n) is 6.68. The second kappa shape index (κ2) is 5.71. The van der Waals surface area contributed by atoms with Gasteiger partial charge in [0.15, 0.2) is 5.17 Å². The molecule has 0 spiro atoms. The minimum Gasteiger partial charge on any atom is -0.481 e. The topological polar surface area (TPSA) is 52.9 Å². The van der Waals surface area contributed by atoms with Crippen LogP contribution in [0.2, 0.25) is 0 Å². The Morgan fingerprint density at radius 3 is 2.90 bits per heavy atom. The van der Waals surface area contributed by atoms with E-state index in [-0.39, 0.29) is 5.92 Å². The molecular formula is C15H16N2O2S. The van der Waals surface area contributed by atoms with Crippen LogP contribution in [0.5, 0.6) is 0 Å². The van der Waals surface area contributed by atoms with Crippen molar-refractivity contribution in [3.05, 3.63) is 47.0 Å². The Morgan fingerprint density at radius 2 is 2.15 bits per heavy atom. The number of aliphatic carboxylic acids is 1. The molecule has 2 aliphatic heterocycles. The molecule has 104 valence electrons. The highest BCUT2D eigenvalue weighted by molar-refractivity contribution is 8.16. The number of nitrogens with zero attached hydrogens (tertiary/aromatic N) is 2. The molecule has 1 N–H and O–H groups in total. The van der Waals surface area contributed by atoms with Crippen LogP contribution in [0.4, 0.5) is 0 Å². The van der Waals surface area contributed by atoms with Gasteiger partial charge >= 0.3 is 5.97 Å². The van der Waals surface area contributed by atoms with Crippen LogP contribution in [0.15, 0.2) is 46.4 Å². The third kappa shape index (κ3) is 2.72. The predicted octanol–water partition coefficient (Wildman–Crippen LogP) is 2.58. The Bertz CT molecular complexity index is 568. The second-order valence-electron chi connectivity index (χ2n) is 4.97. The molecule has 0 amide bonds. The van der Waals surface area contributed by atoms with Crippen molar-refractivity contribution in [1.82, 2.24) is 4.90 Å². The summed E-state index contributed by atoms with van der Waals surface area (Å²) in [5, 5.41) is 12.5. The minimum atomic E-state index is -0.732. The largest absolute Gasteiger partial charge is 0.481 e. The first-order valence-corrected chi connectivity index (χ1v) is 7.56. The summed E-state index contributed by atoms with van der Waals surface area (Å²) in [4.78, 5) is 18.0. The Labute approximate surface area is 122 Å². The third-order valence-corrected chi connectivity index (χ3v) is 4.53. The van der Waals surface area contributed by atoms with E-state index in [1.54, 1.807) is 11.8 Å². The van der Waals surface area contributed by atoms with Crippen LogP contribution in [-0.4, -0.2) is 34.2 Å². The van der Waals surface area contributed by atoms with Crippen LogP contribution in [0, 0.1) is 5.92 Å². The van der Waals surface area contributed by atoms with Gasteiger partial charge in [0.25, 0.3) is 0 Å². The van der Waals surface area contributed by atoms with Crippen molar-refractivity contribution in [1.29, 1.82) is 0 Å². The lowest BCUT2D eigenvalue weighted by molar-refractivity contribution is -0.141. The molecule has 0 saturated heterocycles. The number of carboxylic acids is 1. The fourth-order valence-corrected chi connectivity index (χ4v) is 3.50. The number of amidine groups is 1. The van der Waals surface area contributed by atoms with E-state index >= 15 is 0 Å². The standard InChI is InChI=1S/C15H16N2O2S/c18-14(19)12(8-11-4-2-1-3-5-11)9-13-10-20-15-16-6-7-17(13)15/h1-5,10,12H,6-9H2,(H,18,19)/t12-/m1/s1. The number of thioether (sulfide) groups is 1. The fraction of sp³-hybridized carbons (Fsp3) is 0.333. The molecule has 0 unspecified atom stereocenters. The van der Waals surface area contributed by atoms with E-state index in [2.05, 4.69) is 9.89 Å². The van der Waals surface area contributed by atoms with E-state index in [1.165, 1.54) is 0 Å². The third-order valence-electron chi connectivity index (χ3n) is 3.58. The number of fused-ring (bicyclic) bond motifs is 1. The van der Waals surface area contributed by atoms with Gasteiger partial charge in [0.2, 0.25) is 0 Å². The first kappa shape index (κ1) is 13.2. The molecule has 0 radical (unpaired) electrons.